The number of anilines is 4. The number of aromatic nitrogens is 2. The first-order chi connectivity index (χ1) is 13.9. The normalized spacial score (nSPS) is 13.9. The Balaban J connectivity index is 1.41. The third kappa shape index (κ3) is 4.78. The molecular weight excluding hydrogens is 350 g/mol. The number of benzene rings is 2. The van der Waals surface area contributed by atoms with E-state index >= 15 is 0 Å². The Kier molecular flexibility index (Phi) is 5.99. The van der Waals surface area contributed by atoms with Gasteiger partial charge in [-0.05, 0) is 24.1 Å². The van der Waals surface area contributed by atoms with E-state index in [1.807, 2.05) is 18.2 Å². The van der Waals surface area contributed by atoms with Crippen molar-refractivity contribution in [3.05, 3.63) is 72.6 Å². The average Bonchev–Trinajstić information content (AvgIpc) is 2.76. The molecule has 2 N–H and O–H groups in total. The molecule has 0 bridgehead atoms. The van der Waals surface area contributed by atoms with Crippen LogP contribution >= 0.6 is 0 Å². The van der Waals surface area contributed by atoms with Gasteiger partial charge in [-0.25, -0.2) is 9.97 Å². The molecule has 0 amide bonds. The topological polar surface area (TPSA) is 62.3 Å². The van der Waals surface area contributed by atoms with Crippen molar-refractivity contribution in [3.63, 3.8) is 0 Å². The Morgan fingerprint density at radius 1 is 0.893 bits per heavy atom. The maximum absolute atomic E-state index is 5.47. The predicted octanol–water partition coefficient (Wildman–Crippen LogP) is 3.71. The van der Waals surface area contributed by atoms with Crippen LogP contribution in [0.25, 0.3) is 0 Å². The van der Waals surface area contributed by atoms with Crippen molar-refractivity contribution >= 4 is 23.0 Å². The van der Waals surface area contributed by atoms with Gasteiger partial charge in [-0.2, -0.15) is 0 Å². The van der Waals surface area contributed by atoms with Gasteiger partial charge in [-0.15, -0.1) is 0 Å². The zero-order chi connectivity index (χ0) is 19.0. The van der Waals surface area contributed by atoms with Crippen LogP contribution in [-0.2, 0) is 11.2 Å². The molecule has 1 fully saturated rings. The van der Waals surface area contributed by atoms with Crippen LogP contribution in [0.3, 0.4) is 0 Å². The summed E-state index contributed by atoms with van der Waals surface area (Å²) in [5.41, 5.74) is 3.52. The summed E-state index contributed by atoms with van der Waals surface area (Å²) in [5.74, 6) is 1.59. The maximum atomic E-state index is 5.47. The first-order valence-electron chi connectivity index (χ1n) is 9.67. The highest BCUT2D eigenvalue weighted by Gasteiger charge is 2.14. The van der Waals surface area contributed by atoms with Gasteiger partial charge in [0.25, 0.3) is 0 Å². The Morgan fingerprint density at radius 3 is 2.50 bits per heavy atom. The van der Waals surface area contributed by atoms with E-state index < -0.39 is 0 Å². The fraction of sp³-hybridized carbons (Fsp3) is 0.273. The number of nitrogens with zero attached hydrogens (tertiary/aromatic N) is 3. The summed E-state index contributed by atoms with van der Waals surface area (Å²) in [5, 5.41) is 6.82. The Labute approximate surface area is 165 Å². The van der Waals surface area contributed by atoms with Crippen LogP contribution in [0.15, 0.2) is 67.0 Å². The molecule has 2 heterocycles. The van der Waals surface area contributed by atoms with Crippen LogP contribution in [-0.4, -0.2) is 42.8 Å². The number of morpholine rings is 1. The molecule has 1 aromatic heterocycles. The molecule has 6 nitrogen and oxygen atoms in total. The van der Waals surface area contributed by atoms with Crippen LogP contribution in [0.4, 0.5) is 23.0 Å². The van der Waals surface area contributed by atoms with Gasteiger partial charge >= 0.3 is 0 Å². The standard InChI is InChI=1S/C22H25N5O/c1-2-6-18(7-3-1)10-11-23-21-16-22(25-17-24-21)26-19-8-4-5-9-20(19)27-12-14-28-15-13-27/h1-9,16-17H,10-15H2,(H2,23,24,25,26). The Hall–Kier alpha value is -3.12. The molecule has 0 unspecified atom stereocenters. The minimum absolute atomic E-state index is 0.761. The van der Waals surface area contributed by atoms with E-state index in [0.717, 1.165) is 56.6 Å². The molecule has 0 radical (unpaired) electrons. The third-order valence-electron chi connectivity index (χ3n) is 4.75. The van der Waals surface area contributed by atoms with Gasteiger partial charge in [0.1, 0.15) is 18.0 Å². The molecule has 1 aliphatic heterocycles. The molecule has 144 valence electrons. The van der Waals surface area contributed by atoms with Crippen LogP contribution < -0.4 is 15.5 Å². The Morgan fingerprint density at radius 2 is 1.64 bits per heavy atom. The average molecular weight is 375 g/mol. The second kappa shape index (κ2) is 9.19. The molecule has 1 saturated heterocycles. The van der Waals surface area contributed by atoms with Crippen molar-refractivity contribution in [3.8, 4) is 0 Å². The lowest BCUT2D eigenvalue weighted by Crippen LogP contribution is -2.36. The van der Waals surface area contributed by atoms with E-state index in [9.17, 15) is 0 Å². The fourth-order valence-electron chi connectivity index (χ4n) is 3.30. The van der Waals surface area contributed by atoms with Gasteiger partial charge in [0.15, 0.2) is 0 Å². The zero-order valence-electron chi connectivity index (χ0n) is 15.8. The molecular formula is C22H25N5O. The van der Waals surface area contributed by atoms with Crippen LogP contribution in [0.2, 0.25) is 0 Å². The SMILES string of the molecule is c1ccc(CCNc2cc(Nc3ccccc3N3CCOCC3)ncn2)cc1. The minimum Gasteiger partial charge on any atom is -0.378 e. The molecule has 6 heteroatoms. The molecule has 3 aromatic rings. The first kappa shape index (κ1) is 18.3. The van der Waals surface area contributed by atoms with E-state index in [0.29, 0.717) is 0 Å². The maximum Gasteiger partial charge on any atom is 0.135 e. The van der Waals surface area contributed by atoms with Gasteiger partial charge in [0.2, 0.25) is 0 Å². The molecule has 4 rings (SSSR count). The zero-order valence-corrected chi connectivity index (χ0v) is 15.8. The summed E-state index contributed by atoms with van der Waals surface area (Å²) in [6, 6.07) is 20.7. The van der Waals surface area contributed by atoms with Gasteiger partial charge in [0, 0.05) is 25.7 Å². The van der Waals surface area contributed by atoms with Crippen LogP contribution in [0.1, 0.15) is 5.56 Å². The summed E-state index contributed by atoms with van der Waals surface area (Å²) in [4.78, 5) is 11.1. The van der Waals surface area contributed by atoms with Gasteiger partial charge in [0.05, 0.1) is 24.6 Å². The molecule has 2 aromatic carbocycles. The highest BCUT2D eigenvalue weighted by atomic mass is 16.5. The monoisotopic (exact) mass is 375 g/mol. The summed E-state index contributed by atoms with van der Waals surface area (Å²) in [6.45, 7) is 4.14. The predicted molar refractivity (Wildman–Crippen MR) is 113 cm³/mol. The summed E-state index contributed by atoms with van der Waals surface area (Å²) in [6.07, 6.45) is 2.54. The van der Waals surface area contributed by atoms with Crippen molar-refractivity contribution in [2.45, 2.75) is 6.42 Å². The summed E-state index contributed by atoms with van der Waals surface area (Å²) in [7, 11) is 0. The van der Waals surface area contributed by atoms with Gasteiger partial charge in [-0.1, -0.05) is 42.5 Å². The molecule has 1 aliphatic rings. The molecule has 0 spiro atoms. The van der Waals surface area contributed by atoms with E-state index in [1.165, 1.54) is 11.3 Å². The van der Waals surface area contributed by atoms with Crippen molar-refractivity contribution in [1.82, 2.24) is 9.97 Å². The van der Waals surface area contributed by atoms with Crippen molar-refractivity contribution in [2.24, 2.45) is 0 Å². The molecule has 28 heavy (non-hydrogen) atoms. The Bertz CT molecular complexity index is 881. The molecule has 0 aliphatic carbocycles. The van der Waals surface area contributed by atoms with E-state index in [2.05, 4.69) is 68.0 Å². The largest absolute Gasteiger partial charge is 0.378 e. The molecule has 0 atom stereocenters. The van der Waals surface area contributed by atoms with Crippen LogP contribution in [0.5, 0.6) is 0 Å². The minimum atomic E-state index is 0.761. The lowest BCUT2D eigenvalue weighted by atomic mass is 10.1. The van der Waals surface area contributed by atoms with E-state index in [1.54, 1.807) is 6.33 Å². The van der Waals surface area contributed by atoms with E-state index in [-0.39, 0.29) is 0 Å². The van der Waals surface area contributed by atoms with Gasteiger partial charge < -0.3 is 20.3 Å². The first-order valence-corrected chi connectivity index (χ1v) is 9.67. The number of para-hydroxylation sites is 2. The summed E-state index contributed by atoms with van der Waals surface area (Å²) >= 11 is 0. The number of rotatable bonds is 7. The van der Waals surface area contributed by atoms with E-state index in [4.69, 9.17) is 4.74 Å². The number of hydrogen-bond acceptors (Lipinski definition) is 6. The van der Waals surface area contributed by atoms with Crippen molar-refractivity contribution < 1.29 is 4.74 Å². The molecule has 0 saturated carbocycles. The van der Waals surface area contributed by atoms with Gasteiger partial charge in [-0.3, -0.25) is 0 Å². The second-order valence-corrected chi connectivity index (χ2v) is 6.69. The lowest BCUT2D eigenvalue weighted by molar-refractivity contribution is 0.123. The quantitative estimate of drug-likeness (QED) is 0.656. The lowest BCUT2D eigenvalue weighted by Gasteiger charge is -2.30. The highest BCUT2D eigenvalue weighted by Crippen LogP contribution is 2.29. The second-order valence-electron chi connectivity index (χ2n) is 6.69. The third-order valence-corrected chi connectivity index (χ3v) is 4.75. The van der Waals surface area contributed by atoms with Crippen LogP contribution in [0, 0.1) is 0 Å². The number of ether oxygens (including phenoxy) is 1. The fourth-order valence-corrected chi connectivity index (χ4v) is 3.30. The number of nitrogens with one attached hydrogen (secondary N) is 2. The summed E-state index contributed by atoms with van der Waals surface area (Å²) < 4.78 is 5.47. The smallest absolute Gasteiger partial charge is 0.135 e. The van der Waals surface area contributed by atoms with Crippen molar-refractivity contribution in [1.29, 1.82) is 0 Å². The van der Waals surface area contributed by atoms with Crippen molar-refractivity contribution in [2.75, 3.05) is 48.4 Å². The number of hydrogen-bond donors (Lipinski definition) is 2. The highest BCUT2D eigenvalue weighted by molar-refractivity contribution is 5.74.